The number of nitrogens with one attached hydrogen (secondary N) is 1. The molecule has 0 spiro atoms. The number of amidine groups is 1. The van der Waals surface area contributed by atoms with Crippen LogP contribution in [0.25, 0.3) is 0 Å². The zero-order valence-corrected chi connectivity index (χ0v) is 13.6. The monoisotopic (exact) mass is 344 g/mol. The van der Waals surface area contributed by atoms with E-state index in [1.54, 1.807) is 6.07 Å². The molecular weight excluding hydrogens is 323 g/mol. The Morgan fingerprint density at radius 1 is 1.40 bits per heavy atom. The first-order valence-corrected chi connectivity index (χ1v) is 7.75. The van der Waals surface area contributed by atoms with Crippen molar-refractivity contribution in [3.8, 4) is 5.75 Å². The van der Waals surface area contributed by atoms with Gasteiger partial charge < -0.3 is 10.5 Å². The minimum absolute atomic E-state index is 0.0311. The van der Waals surface area contributed by atoms with Crippen molar-refractivity contribution in [2.75, 3.05) is 0 Å². The van der Waals surface area contributed by atoms with Crippen LogP contribution in [0.5, 0.6) is 5.75 Å². The van der Waals surface area contributed by atoms with Crippen LogP contribution in [0.15, 0.2) is 16.6 Å². The third-order valence-electron chi connectivity index (χ3n) is 3.13. The van der Waals surface area contributed by atoms with E-state index in [9.17, 15) is 4.39 Å². The SMILES string of the molecule is CCCCCCC(C)Oc1ccc(C(=N)N)c(Br)c1F. The Morgan fingerprint density at radius 2 is 2.10 bits per heavy atom. The lowest BCUT2D eigenvalue weighted by Crippen LogP contribution is -2.15. The normalized spacial score (nSPS) is 12.2. The summed E-state index contributed by atoms with van der Waals surface area (Å²) in [6, 6.07) is 3.12. The van der Waals surface area contributed by atoms with E-state index >= 15 is 0 Å². The summed E-state index contributed by atoms with van der Waals surface area (Å²) in [6.45, 7) is 4.11. The summed E-state index contributed by atoms with van der Waals surface area (Å²) in [6.07, 6.45) is 5.56. The Balaban J connectivity index is 2.64. The maximum Gasteiger partial charge on any atom is 0.179 e. The van der Waals surface area contributed by atoms with Crippen molar-refractivity contribution in [2.24, 2.45) is 5.73 Å². The molecule has 0 bridgehead atoms. The molecule has 3 N–H and O–H groups in total. The summed E-state index contributed by atoms with van der Waals surface area (Å²) in [7, 11) is 0. The van der Waals surface area contributed by atoms with Crippen LogP contribution < -0.4 is 10.5 Å². The fourth-order valence-electron chi connectivity index (χ4n) is 1.97. The highest BCUT2D eigenvalue weighted by molar-refractivity contribution is 9.10. The topological polar surface area (TPSA) is 59.1 Å². The summed E-state index contributed by atoms with van der Waals surface area (Å²) < 4.78 is 19.9. The number of unbranched alkanes of at least 4 members (excludes halogenated alkanes) is 3. The lowest BCUT2D eigenvalue weighted by atomic mass is 10.1. The third-order valence-corrected chi connectivity index (χ3v) is 3.90. The van der Waals surface area contributed by atoms with Gasteiger partial charge in [0.05, 0.1) is 10.6 Å². The first-order valence-electron chi connectivity index (χ1n) is 6.96. The average molecular weight is 345 g/mol. The van der Waals surface area contributed by atoms with E-state index in [1.165, 1.54) is 25.3 Å². The molecule has 1 unspecified atom stereocenters. The Hall–Kier alpha value is -1.10. The quantitative estimate of drug-likeness (QED) is 0.411. The van der Waals surface area contributed by atoms with E-state index in [1.807, 2.05) is 6.92 Å². The van der Waals surface area contributed by atoms with Crippen LogP contribution in [0.1, 0.15) is 51.5 Å². The molecule has 1 atom stereocenters. The van der Waals surface area contributed by atoms with Gasteiger partial charge in [0.2, 0.25) is 0 Å². The predicted molar refractivity (Wildman–Crippen MR) is 84.0 cm³/mol. The van der Waals surface area contributed by atoms with E-state index in [2.05, 4.69) is 22.9 Å². The molecule has 1 rings (SSSR count). The van der Waals surface area contributed by atoms with Gasteiger partial charge in [0.1, 0.15) is 5.84 Å². The van der Waals surface area contributed by atoms with Gasteiger partial charge >= 0.3 is 0 Å². The molecule has 0 aliphatic heterocycles. The number of hydrogen-bond acceptors (Lipinski definition) is 2. The van der Waals surface area contributed by atoms with Gasteiger partial charge in [-0.1, -0.05) is 26.2 Å². The highest BCUT2D eigenvalue weighted by atomic mass is 79.9. The molecule has 0 saturated heterocycles. The van der Waals surface area contributed by atoms with E-state index in [4.69, 9.17) is 15.9 Å². The highest BCUT2D eigenvalue weighted by Gasteiger charge is 2.15. The Bertz CT molecular complexity index is 465. The van der Waals surface area contributed by atoms with Gasteiger partial charge in [-0.05, 0) is 47.8 Å². The second-order valence-corrected chi connectivity index (χ2v) is 5.72. The molecule has 112 valence electrons. The van der Waals surface area contributed by atoms with Gasteiger partial charge in [0, 0.05) is 5.56 Å². The zero-order valence-electron chi connectivity index (χ0n) is 12.0. The molecule has 0 saturated carbocycles. The first-order chi connectivity index (χ1) is 9.47. The second-order valence-electron chi connectivity index (χ2n) is 4.93. The summed E-state index contributed by atoms with van der Waals surface area (Å²) in [4.78, 5) is 0. The molecule has 3 nitrogen and oxygen atoms in total. The van der Waals surface area contributed by atoms with Crippen LogP contribution in [0.2, 0.25) is 0 Å². The Kier molecular flexibility index (Phi) is 6.99. The van der Waals surface area contributed by atoms with E-state index in [-0.39, 0.29) is 22.2 Å². The maximum absolute atomic E-state index is 14.1. The fourth-order valence-corrected chi connectivity index (χ4v) is 2.51. The number of ether oxygens (including phenoxy) is 1. The smallest absolute Gasteiger partial charge is 0.179 e. The van der Waals surface area contributed by atoms with Crippen molar-refractivity contribution < 1.29 is 9.13 Å². The van der Waals surface area contributed by atoms with Crippen molar-refractivity contribution in [3.05, 3.63) is 28.0 Å². The molecule has 1 aromatic carbocycles. The van der Waals surface area contributed by atoms with E-state index < -0.39 is 5.82 Å². The maximum atomic E-state index is 14.1. The van der Waals surface area contributed by atoms with Crippen molar-refractivity contribution in [2.45, 2.75) is 52.1 Å². The average Bonchev–Trinajstić information content (AvgIpc) is 2.40. The molecule has 20 heavy (non-hydrogen) atoms. The number of halogens is 2. The van der Waals surface area contributed by atoms with E-state index in [0.29, 0.717) is 5.56 Å². The van der Waals surface area contributed by atoms with Crippen LogP contribution in [0.3, 0.4) is 0 Å². The molecular formula is C15H22BrFN2O. The Morgan fingerprint density at radius 3 is 2.70 bits per heavy atom. The number of rotatable bonds is 8. The number of nitrogens with two attached hydrogens (primary N) is 1. The standard InChI is InChI=1S/C15H22BrFN2O/c1-3-4-5-6-7-10(2)20-12-9-8-11(15(18)19)13(16)14(12)17/h8-10H,3-7H2,1-2H3,(H3,18,19). The summed E-state index contributed by atoms with van der Waals surface area (Å²) in [5.74, 6) is -0.474. The summed E-state index contributed by atoms with van der Waals surface area (Å²) in [5, 5.41) is 7.36. The molecule has 0 aliphatic carbocycles. The molecule has 0 aliphatic rings. The van der Waals surface area contributed by atoms with Crippen molar-refractivity contribution in [1.82, 2.24) is 0 Å². The van der Waals surface area contributed by atoms with Crippen molar-refractivity contribution >= 4 is 21.8 Å². The van der Waals surface area contributed by atoms with Crippen LogP contribution in [0.4, 0.5) is 4.39 Å². The molecule has 0 amide bonds. The van der Waals surface area contributed by atoms with Gasteiger partial charge in [-0.2, -0.15) is 0 Å². The lowest BCUT2D eigenvalue weighted by molar-refractivity contribution is 0.197. The molecule has 0 aromatic heterocycles. The lowest BCUT2D eigenvalue weighted by Gasteiger charge is -2.16. The van der Waals surface area contributed by atoms with Gasteiger partial charge in [0.25, 0.3) is 0 Å². The predicted octanol–water partition coefficient (Wildman–Crippen LogP) is 4.61. The van der Waals surface area contributed by atoms with Crippen LogP contribution in [-0.2, 0) is 0 Å². The van der Waals surface area contributed by atoms with Crippen LogP contribution >= 0.6 is 15.9 Å². The number of nitrogen functional groups attached to an aromatic ring is 1. The van der Waals surface area contributed by atoms with Gasteiger partial charge in [0.15, 0.2) is 11.6 Å². The van der Waals surface area contributed by atoms with Crippen molar-refractivity contribution in [3.63, 3.8) is 0 Å². The first kappa shape index (κ1) is 17.0. The molecule has 5 heteroatoms. The van der Waals surface area contributed by atoms with Crippen LogP contribution in [0, 0.1) is 11.2 Å². The minimum Gasteiger partial charge on any atom is -0.488 e. The molecule has 1 aromatic rings. The van der Waals surface area contributed by atoms with Gasteiger partial charge in [-0.3, -0.25) is 5.41 Å². The highest BCUT2D eigenvalue weighted by Crippen LogP contribution is 2.29. The van der Waals surface area contributed by atoms with Crippen LogP contribution in [-0.4, -0.2) is 11.9 Å². The summed E-state index contributed by atoms with van der Waals surface area (Å²) in [5.41, 5.74) is 5.71. The van der Waals surface area contributed by atoms with Gasteiger partial charge in [-0.15, -0.1) is 0 Å². The summed E-state index contributed by atoms with van der Waals surface area (Å²) >= 11 is 3.12. The third kappa shape index (κ3) is 4.78. The zero-order chi connectivity index (χ0) is 15.1. The second kappa shape index (κ2) is 8.25. The number of benzene rings is 1. The van der Waals surface area contributed by atoms with Crippen molar-refractivity contribution in [1.29, 1.82) is 5.41 Å². The Labute approximate surface area is 128 Å². The molecule has 0 fully saturated rings. The fraction of sp³-hybridized carbons (Fsp3) is 0.533. The minimum atomic E-state index is -0.502. The molecule has 0 radical (unpaired) electrons. The molecule has 0 heterocycles. The largest absolute Gasteiger partial charge is 0.488 e. The van der Waals surface area contributed by atoms with Gasteiger partial charge in [-0.25, -0.2) is 4.39 Å². The van der Waals surface area contributed by atoms with E-state index in [0.717, 1.165) is 12.8 Å². The number of hydrogen-bond donors (Lipinski definition) is 2.